The highest BCUT2D eigenvalue weighted by atomic mass is 32.1. The van der Waals surface area contributed by atoms with Crippen LogP contribution in [-0.2, 0) is 9.53 Å². The number of primary amides is 1. The molecule has 10 nitrogen and oxygen atoms in total. The number of thiazole rings is 1. The zero-order valence-corrected chi connectivity index (χ0v) is 18.9. The Balaban J connectivity index is 1.54. The third kappa shape index (κ3) is 5.47. The highest BCUT2D eigenvalue weighted by Crippen LogP contribution is 2.30. The van der Waals surface area contributed by atoms with E-state index in [0.717, 1.165) is 18.2 Å². The van der Waals surface area contributed by atoms with E-state index in [4.69, 9.17) is 15.7 Å². The second-order valence-corrected chi connectivity index (χ2v) is 8.67. The van der Waals surface area contributed by atoms with Crippen molar-refractivity contribution in [2.75, 3.05) is 54.5 Å². The smallest absolute Gasteiger partial charge is 0.275 e. The van der Waals surface area contributed by atoms with Crippen LogP contribution < -0.4 is 20.9 Å². The molecule has 11 heteroatoms. The maximum Gasteiger partial charge on any atom is 0.275 e. The molecule has 2 aliphatic rings. The molecule has 0 saturated carbocycles. The number of anilines is 3. The van der Waals surface area contributed by atoms with Gasteiger partial charge in [-0.05, 0) is 30.5 Å². The van der Waals surface area contributed by atoms with Gasteiger partial charge in [0.15, 0.2) is 10.9 Å². The van der Waals surface area contributed by atoms with Crippen LogP contribution in [0.15, 0.2) is 23.7 Å². The van der Waals surface area contributed by atoms with Crippen LogP contribution >= 0.6 is 11.3 Å². The quantitative estimate of drug-likeness (QED) is 0.614. The molecule has 3 N–H and O–H groups in total. The van der Waals surface area contributed by atoms with Gasteiger partial charge in [-0.1, -0.05) is 0 Å². The third-order valence-corrected chi connectivity index (χ3v) is 6.59. The van der Waals surface area contributed by atoms with Crippen molar-refractivity contribution in [3.8, 4) is 6.07 Å². The first-order chi connectivity index (χ1) is 16.0. The minimum Gasteiger partial charge on any atom is -0.378 e. The number of allylic oxidation sites excluding steroid dienone is 1. The molecule has 0 aliphatic carbocycles. The molecule has 4 rings (SSSR count). The molecule has 2 fully saturated rings. The predicted octanol–water partition coefficient (Wildman–Crippen LogP) is 1.87. The van der Waals surface area contributed by atoms with Crippen molar-refractivity contribution in [1.82, 2.24) is 9.97 Å². The van der Waals surface area contributed by atoms with Crippen LogP contribution in [0.25, 0.3) is 6.08 Å². The number of aromatic nitrogens is 2. The highest BCUT2D eigenvalue weighted by molar-refractivity contribution is 7.14. The second kappa shape index (κ2) is 10.4. The number of carbonyl (C=O) groups excluding carboxylic acids is 2. The van der Waals surface area contributed by atoms with Crippen LogP contribution in [0.4, 0.5) is 16.6 Å². The summed E-state index contributed by atoms with van der Waals surface area (Å²) < 4.78 is 5.38. The molecule has 33 heavy (non-hydrogen) atoms. The van der Waals surface area contributed by atoms with E-state index < -0.39 is 0 Å². The highest BCUT2D eigenvalue weighted by Gasteiger charge is 2.26. The van der Waals surface area contributed by atoms with Gasteiger partial charge in [0, 0.05) is 49.7 Å². The van der Waals surface area contributed by atoms with Crippen molar-refractivity contribution in [3.63, 3.8) is 0 Å². The number of nitriles is 1. The number of ether oxygens (including phenoxy) is 1. The molecular formula is C22H25N7O3S. The number of morpholine rings is 1. The average molecular weight is 468 g/mol. The van der Waals surface area contributed by atoms with E-state index in [1.807, 2.05) is 11.0 Å². The summed E-state index contributed by atoms with van der Waals surface area (Å²) in [6, 6.07) is 3.74. The Hall–Kier alpha value is -3.49. The summed E-state index contributed by atoms with van der Waals surface area (Å²) in [6.07, 6.45) is 5.91. The maximum absolute atomic E-state index is 13.0. The van der Waals surface area contributed by atoms with Crippen LogP contribution in [0.2, 0.25) is 0 Å². The first-order valence-electron chi connectivity index (χ1n) is 10.7. The van der Waals surface area contributed by atoms with Crippen LogP contribution in [0.3, 0.4) is 0 Å². The third-order valence-electron chi connectivity index (χ3n) is 5.69. The molecule has 2 saturated heterocycles. The van der Waals surface area contributed by atoms with E-state index >= 15 is 0 Å². The van der Waals surface area contributed by atoms with Crippen molar-refractivity contribution >= 4 is 45.9 Å². The SMILES string of the molecule is N#C/C=C/c1cnc(N2CCC(C(N)=O)CC2)c(NC(=O)c2csc(N3CCOCC3)n2)c1. The Bertz CT molecular complexity index is 1080. The van der Waals surface area contributed by atoms with Gasteiger partial charge in [0.25, 0.3) is 5.91 Å². The molecule has 172 valence electrons. The summed E-state index contributed by atoms with van der Waals surface area (Å²) in [4.78, 5) is 37.7. The zero-order chi connectivity index (χ0) is 23.2. The van der Waals surface area contributed by atoms with Gasteiger partial charge in [0.1, 0.15) is 5.69 Å². The number of carbonyl (C=O) groups is 2. The van der Waals surface area contributed by atoms with Crippen molar-refractivity contribution in [3.05, 3.63) is 35.0 Å². The fraction of sp³-hybridized carbons (Fsp3) is 0.409. The van der Waals surface area contributed by atoms with Gasteiger partial charge >= 0.3 is 0 Å². The number of hydrogen-bond donors (Lipinski definition) is 2. The van der Waals surface area contributed by atoms with E-state index in [-0.39, 0.29) is 17.7 Å². The number of nitrogens with one attached hydrogen (secondary N) is 1. The lowest BCUT2D eigenvalue weighted by Crippen LogP contribution is -2.39. The lowest BCUT2D eigenvalue weighted by atomic mass is 9.96. The fourth-order valence-corrected chi connectivity index (χ4v) is 4.73. The van der Waals surface area contributed by atoms with Crippen LogP contribution in [0.1, 0.15) is 28.9 Å². The number of amides is 2. The first-order valence-corrected chi connectivity index (χ1v) is 11.6. The molecule has 0 aromatic carbocycles. The summed E-state index contributed by atoms with van der Waals surface area (Å²) in [5.74, 6) is -0.148. The maximum atomic E-state index is 13.0. The van der Waals surface area contributed by atoms with Gasteiger partial charge in [0.2, 0.25) is 5.91 Å². The monoisotopic (exact) mass is 467 g/mol. The Morgan fingerprint density at radius 2 is 2.00 bits per heavy atom. The molecule has 0 radical (unpaired) electrons. The molecule has 2 aliphatic heterocycles. The van der Waals surface area contributed by atoms with Crippen LogP contribution in [-0.4, -0.2) is 61.2 Å². The van der Waals surface area contributed by atoms with E-state index in [9.17, 15) is 9.59 Å². The second-order valence-electron chi connectivity index (χ2n) is 7.83. The number of nitrogens with zero attached hydrogens (tertiary/aromatic N) is 5. The van der Waals surface area contributed by atoms with Gasteiger partial charge in [-0.3, -0.25) is 9.59 Å². The van der Waals surface area contributed by atoms with Crippen molar-refractivity contribution < 1.29 is 14.3 Å². The zero-order valence-electron chi connectivity index (χ0n) is 18.1. The van der Waals surface area contributed by atoms with Gasteiger partial charge < -0.3 is 25.6 Å². The molecule has 4 heterocycles. The van der Waals surface area contributed by atoms with Crippen molar-refractivity contribution in [2.45, 2.75) is 12.8 Å². The molecule has 0 spiro atoms. The molecule has 2 aromatic rings. The molecule has 0 atom stereocenters. The fourth-order valence-electron chi connectivity index (χ4n) is 3.87. The standard InChI is InChI=1S/C22H25N7O3S/c23-5-1-2-15-12-17(20(25-13-15)28-6-3-16(4-7-28)19(24)30)26-21(31)18-14-33-22(27-18)29-8-10-32-11-9-29/h1-2,12-14,16H,3-4,6-11H2,(H2,24,30)(H,26,31)/b2-1+. The lowest BCUT2D eigenvalue weighted by molar-refractivity contribution is -0.122. The van der Waals surface area contributed by atoms with Crippen molar-refractivity contribution in [2.24, 2.45) is 11.7 Å². The Morgan fingerprint density at radius 3 is 2.70 bits per heavy atom. The Labute approximate surface area is 195 Å². The van der Waals surface area contributed by atoms with E-state index in [1.165, 1.54) is 17.4 Å². The summed E-state index contributed by atoms with van der Waals surface area (Å²) in [7, 11) is 0. The van der Waals surface area contributed by atoms with Gasteiger partial charge in [-0.15, -0.1) is 11.3 Å². The van der Waals surface area contributed by atoms with Crippen LogP contribution in [0.5, 0.6) is 0 Å². The minimum atomic E-state index is -0.331. The number of piperidine rings is 1. The number of nitrogens with two attached hydrogens (primary N) is 1. The Morgan fingerprint density at radius 1 is 1.24 bits per heavy atom. The largest absolute Gasteiger partial charge is 0.378 e. The summed E-state index contributed by atoms with van der Waals surface area (Å²) in [5.41, 5.74) is 7.00. The van der Waals surface area contributed by atoms with E-state index in [1.54, 1.807) is 23.7 Å². The molecule has 2 amide bonds. The average Bonchev–Trinajstić information content (AvgIpc) is 3.34. The van der Waals surface area contributed by atoms with Gasteiger partial charge in [-0.25, -0.2) is 9.97 Å². The summed E-state index contributed by atoms with van der Waals surface area (Å²) in [5, 5.41) is 14.3. The summed E-state index contributed by atoms with van der Waals surface area (Å²) >= 11 is 1.43. The first kappa shape index (κ1) is 22.7. The molecule has 0 bridgehead atoms. The molecule has 2 aromatic heterocycles. The molecule has 0 unspecified atom stereocenters. The predicted molar refractivity (Wildman–Crippen MR) is 126 cm³/mol. The van der Waals surface area contributed by atoms with E-state index in [0.29, 0.717) is 61.9 Å². The Kier molecular flexibility index (Phi) is 7.16. The number of rotatable bonds is 6. The number of hydrogen-bond acceptors (Lipinski definition) is 9. The van der Waals surface area contributed by atoms with E-state index in [2.05, 4.69) is 20.2 Å². The van der Waals surface area contributed by atoms with Crippen LogP contribution in [0, 0.1) is 17.2 Å². The normalized spacial score (nSPS) is 17.2. The minimum absolute atomic E-state index is 0.147. The van der Waals surface area contributed by atoms with Crippen molar-refractivity contribution in [1.29, 1.82) is 5.26 Å². The number of pyridine rings is 1. The van der Waals surface area contributed by atoms with Gasteiger partial charge in [-0.2, -0.15) is 5.26 Å². The van der Waals surface area contributed by atoms with Gasteiger partial charge in [0.05, 0.1) is 25.0 Å². The molecular weight excluding hydrogens is 442 g/mol. The lowest BCUT2D eigenvalue weighted by Gasteiger charge is -2.32. The summed E-state index contributed by atoms with van der Waals surface area (Å²) in [6.45, 7) is 4.00. The topological polar surface area (TPSA) is 137 Å².